The first-order valence-corrected chi connectivity index (χ1v) is 6.70. The first-order chi connectivity index (χ1) is 11.1. The van der Waals surface area contributed by atoms with Gasteiger partial charge >= 0.3 is 0 Å². The molecule has 126 valence electrons. The van der Waals surface area contributed by atoms with Crippen LogP contribution in [-0.4, -0.2) is 34.1 Å². The average molecular weight is 344 g/mol. The lowest BCUT2D eigenvalue weighted by Crippen LogP contribution is -2.62. The lowest BCUT2D eigenvalue weighted by atomic mass is 9.89. The van der Waals surface area contributed by atoms with Crippen molar-refractivity contribution in [2.24, 2.45) is 0 Å². The van der Waals surface area contributed by atoms with E-state index >= 15 is 0 Å². The second-order valence-corrected chi connectivity index (χ2v) is 5.60. The zero-order valence-electron chi connectivity index (χ0n) is 12.0. The number of carbonyl (C=O) groups excluding carboxylic acids is 4. The summed E-state index contributed by atoms with van der Waals surface area (Å²) in [5, 5.41) is 1.91. The molecule has 2 heterocycles. The molecule has 6 nitrogen and oxygen atoms in total. The molecule has 4 amide bonds. The summed E-state index contributed by atoms with van der Waals surface area (Å²) in [4.78, 5) is 48.1. The number of benzene rings is 1. The fourth-order valence-electron chi connectivity index (χ4n) is 2.80. The Balaban J connectivity index is 2.18. The summed E-state index contributed by atoms with van der Waals surface area (Å²) in [6.45, 7) is 1.11. The lowest BCUT2D eigenvalue weighted by Gasteiger charge is -2.38. The maximum Gasteiger partial charge on any atom is 0.265 e. The van der Waals surface area contributed by atoms with Crippen molar-refractivity contribution in [3.63, 3.8) is 0 Å². The highest BCUT2D eigenvalue weighted by atomic mass is 19.2. The van der Waals surface area contributed by atoms with Crippen molar-refractivity contribution in [1.29, 1.82) is 0 Å². The van der Waals surface area contributed by atoms with E-state index in [-0.39, 0.29) is 17.7 Å². The van der Waals surface area contributed by atoms with Crippen LogP contribution in [0.5, 0.6) is 0 Å². The predicted molar refractivity (Wildman–Crippen MR) is 67.6 cm³/mol. The van der Waals surface area contributed by atoms with Crippen LogP contribution in [0.3, 0.4) is 0 Å². The number of hydrogen-bond acceptors (Lipinski definition) is 4. The van der Waals surface area contributed by atoms with Crippen molar-refractivity contribution in [3.8, 4) is 0 Å². The van der Waals surface area contributed by atoms with Crippen molar-refractivity contribution < 1.29 is 36.7 Å². The highest BCUT2D eigenvalue weighted by Crippen LogP contribution is 2.37. The Kier molecular flexibility index (Phi) is 3.26. The monoisotopic (exact) mass is 344 g/mol. The average Bonchev–Trinajstić information content (AvgIpc) is 2.79. The Bertz CT molecular complexity index is 807. The Morgan fingerprint density at radius 3 is 1.75 bits per heavy atom. The summed E-state index contributed by atoms with van der Waals surface area (Å²) in [6.07, 6.45) is -0.527. The molecule has 1 saturated heterocycles. The van der Waals surface area contributed by atoms with Crippen LogP contribution in [0.1, 0.15) is 40.5 Å². The van der Waals surface area contributed by atoms with Crippen LogP contribution < -0.4 is 5.32 Å². The van der Waals surface area contributed by atoms with Crippen molar-refractivity contribution in [3.05, 3.63) is 34.4 Å². The summed E-state index contributed by atoms with van der Waals surface area (Å²) >= 11 is 0. The van der Waals surface area contributed by atoms with Crippen LogP contribution >= 0.6 is 0 Å². The number of piperidine rings is 1. The smallest absolute Gasteiger partial charge is 0.265 e. The first kappa shape index (κ1) is 16.1. The molecule has 2 aliphatic rings. The van der Waals surface area contributed by atoms with Crippen molar-refractivity contribution >= 4 is 23.6 Å². The zero-order chi connectivity index (χ0) is 18.0. The maximum atomic E-state index is 13.9. The van der Waals surface area contributed by atoms with Gasteiger partial charge < -0.3 is 0 Å². The van der Waals surface area contributed by atoms with Crippen LogP contribution in [0.25, 0.3) is 0 Å². The molecule has 0 saturated carbocycles. The summed E-state index contributed by atoms with van der Waals surface area (Å²) in [5.74, 6) is -13.1. The SMILES string of the molecule is C[C@@]1(N2C(=O)c3c(F)c(F)c(F)c(F)c3C2=O)CCC(=O)NC1=O. The van der Waals surface area contributed by atoms with Gasteiger partial charge in [0.25, 0.3) is 17.7 Å². The fourth-order valence-corrected chi connectivity index (χ4v) is 2.80. The van der Waals surface area contributed by atoms with Gasteiger partial charge in [0, 0.05) is 6.42 Å². The minimum absolute atomic E-state index is 0.227. The molecule has 1 N–H and O–H groups in total. The molecule has 0 bridgehead atoms. The van der Waals surface area contributed by atoms with E-state index in [0.717, 1.165) is 6.92 Å². The van der Waals surface area contributed by atoms with Gasteiger partial charge in [-0.1, -0.05) is 0 Å². The molecule has 1 fully saturated rings. The van der Waals surface area contributed by atoms with Crippen LogP contribution in [-0.2, 0) is 9.59 Å². The predicted octanol–water partition coefficient (Wildman–Crippen LogP) is 1.03. The zero-order valence-corrected chi connectivity index (χ0v) is 12.0. The summed E-state index contributed by atoms with van der Waals surface area (Å²) in [5.41, 5.74) is -4.47. The van der Waals surface area contributed by atoms with Gasteiger partial charge in [-0.2, -0.15) is 0 Å². The number of fused-ring (bicyclic) bond motifs is 1. The van der Waals surface area contributed by atoms with Crippen molar-refractivity contribution in [2.45, 2.75) is 25.3 Å². The number of amides is 4. The summed E-state index contributed by atoms with van der Waals surface area (Å²) < 4.78 is 54.4. The second-order valence-electron chi connectivity index (χ2n) is 5.60. The Hall–Kier alpha value is -2.78. The molecule has 10 heteroatoms. The maximum absolute atomic E-state index is 13.9. The number of nitrogens with one attached hydrogen (secondary N) is 1. The Morgan fingerprint density at radius 1 is 0.875 bits per heavy atom. The molecular weight excluding hydrogens is 336 g/mol. The molecule has 3 rings (SSSR count). The van der Waals surface area contributed by atoms with Crippen LogP contribution in [0.4, 0.5) is 17.6 Å². The molecule has 0 radical (unpaired) electrons. The van der Waals surface area contributed by atoms with Gasteiger partial charge in [-0.05, 0) is 13.3 Å². The third-order valence-electron chi connectivity index (χ3n) is 4.18. The van der Waals surface area contributed by atoms with Gasteiger partial charge in [0.05, 0.1) is 11.1 Å². The number of halogens is 4. The molecule has 1 aromatic rings. The highest BCUT2D eigenvalue weighted by Gasteiger charge is 2.55. The number of carbonyl (C=O) groups is 4. The van der Waals surface area contributed by atoms with E-state index in [0.29, 0.717) is 0 Å². The Labute approximate surface area is 131 Å². The standard InChI is InChI=1S/C14H8F4N2O4/c1-14(3-2-4(21)19-13(14)24)20-11(22)5-6(12(20)23)8(16)10(18)9(17)7(5)15/h2-3H2,1H3,(H,19,21,24)/t14-/m1/s1. The van der Waals surface area contributed by atoms with Crippen molar-refractivity contribution in [2.75, 3.05) is 0 Å². The van der Waals surface area contributed by atoms with Crippen molar-refractivity contribution in [1.82, 2.24) is 10.2 Å². The fraction of sp³-hybridized carbons (Fsp3) is 0.286. The second kappa shape index (κ2) is 4.86. The van der Waals surface area contributed by atoms with E-state index in [1.54, 1.807) is 0 Å². The van der Waals surface area contributed by atoms with Crippen LogP contribution in [0.15, 0.2) is 0 Å². The van der Waals surface area contributed by atoms with E-state index in [2.05, 4.69) is 0 Å². The van der Waals surface area contributed by atoms with Gasteiger partial charge in [-0.15, -0.1) is 0 Å². The molecule has 0 spiro atoms. The minimum Gasteiger partial charge on any atom is -0.294 e. The summed E-state index contributed by atoms with van der Waals surface area (Å²) in [6, 6.07) is 0. The molecule has 1 atom stereocenters. The molecule has 0 aliphatic carbocycles. The van der Waals surface area contributed by atoms with Gasteiger partial charge in [-0.25, -0.2) is 17.6 Å². The number of imide groups is 2. The summed E-state index contributed by atoms with van der Waals surface area (Å²) in [7, 11) is 0. The van der Waals surface area contributed by atoms with E-state index in [1.807, 2.05) is 5.32 Å². The van der Waals surface area contributed by atoms with Gasteiger partial charge in [0.2, 0.25) is 5.91 Å². The highest BCUT2D eigenvalue weighted by molar-refractivity contribution is 6.24. The van der Waals surface area contributed by atoms with E-state index in [1.165, 1.54) is 0 Å². The largest absolute Gasteiger partial charge is 0.294 e. The van der Waals surface area contributed by atoms with Crippen LogP contribution in [0, 0.1) is 23.3 Å². The van der Waals surface area contributed by atoms with Gasteiger partial charge in [0.1, 0.15) is 5.54 Å². The Morgan fingerprint density at radius 2 is 1.33 bits per heavy atom. The van der Waals surface area contributed by atoms with Gasteiger partial charge in [0.15, 0.2) is 23.3 Å². The number of hydrogen-bond donors (Lipinski definition) is 1. The first-order valence-electron chi connectivity index (χ1n) is 6.70. The molecular formula is C14H8F4N2O4. The molecule has 0 aromatic heterocycles. The van der Waals surface area contributed by atoms with E-state index in [4.69, 9.17) is 0 Å². The molecule has 2 aliphatic heterocycles. The lowest BCUT2D eigenvalue weighted by molar-refractivity contribution is -0.140. The molecule has 0 unspecified atom stereocenters. The third kappa shape index (κ3) is 1.82. The minimum atomic E-state index is -2.23. The number of nitrogens with zero attached hydrogens (tertiary/aromatic N) is 1. The van der Waals surface area contributed by atoms with E-state index < -0.39 is 63.6 Å². The van der Waals surface area contributed by atoms with Crippen LogP contribution in [0.2, 0.25) is 0 Å². The topological polar surface area (TPSA) is 83.6 Å². The number of rotatable bonds is 1. The normalized spacial score (nSPS) is 23.6. The quantitative estimate of drug-likeness (QED) is 0.357. The van der Waals surface area contributed by atoms with E-state index in [9.17, 15) is 36.7 Å². The van der Waals surface area contributed by atoms with Gasteiger partial charge in [-0.3, -0.25) is 29.4 Å². The third-order valence-corrected chi connectivity index (χ3v) is 4.18. The molecule has 1 aromatic carbocycles. The molecule has 24 heavy (non-hydrogen) atoms.